The summed E-state index contributed by atoms with van der Waals surface area (Å²) in [5.74, 6) is -1.73. The number of amides is 3. The van der Waals surface area contributed by atoms with Crippen LogP contribution in [0.25, 0.3) is 5.69 Å². The molecule has 3 N–H and O–H groups in total. The second kappa shape index (κ2) is 12.4. The standard InChI is InChI=1S/C25H24ClN5O4.H2S/c26-17-10-13-21(27-15-17)30-25(35)24(34)29-20-6-2-1-5-19(20)28-23(33)16-8-11-18(12-9-16)31-14-4-3-7-22(31)32;/h3-4,7-15,19-20H,1-2,5-6H2,(H,28,33)(H,29,34)(H,27,30,35);1H2/t19?,20-;/m1./s1. The predicted molar refractivity (Wildman–Crippen MR) is 142 cm³/mol. The summed E-state index contributed by atoms with van der Waals surface area (Å²) in [6.45, 7) is 0. The molecule has 188 valence electrons. The molecule has 1 aromatic carbocycles. The van der Waals surface area contributed by atoms with Crippen LogP contribution in [-0.4, -0.2) is 39.4 Å². The molecule has 3 aromatic rings. The average Bonchev–Trinajstić information content (AvgIpc) is 2.87. The molecule has 36 heavy (non-hydrogen) atoms. The lowest BCUT2D eigenvalue weighted by Gasteiger charge is -2.32. The molecule has 1 aliphatic rings. The Morgan fingerprint density at radius 3 is 2.22 bits per heavy atom. The molecule has 3 amide bonds. The van der Waals surface area contributed by atoms with Gasteiger partial charge in [0.25, 0.3) is 11.5 Å². The third-order valence-corrected chi connectivity index (χ3v) is 6.03. The van der Waals surface area contributed by atoms with E-state index >= 15 is 0 Å². The molecule has 9 nitrogen and oxygen atoms in total. The number of aromatic nitrogens is 2. The van der Waals surface area contributed by atoms with Crippen molar-refractivity contribution in [3.63, 3.8) is 0 Å². The molecule has 4 rings (SSSR count). The molecule has 1 unspecified atom stereocenters. The Labute approximate surface area is 219 Å². The van der Waals surface area contributed by atoms with Crippen LogP contribution < -0.4 is 21.5 Å². The van der Waals surface area contributed by atoms with E-state index in [1.54, 1.807) is 48.7 Å². The van der Waals surface area contributed by atoms with Gasteiger partial charge in [0.1, 0.15) is 5.82 Å². The quantitative estimate of drug-likeness (QED) is 0.440. The first-order chi connectivity index (χ1) is 16.9. The molecular weight excluding hydrogens is 502 g/mol. The van der Waals surface area contributed by atoms with E-state index in [1.807, 2.05) is 0 Å². The van der Waals surface area contributed by atoms with Gasteiger partial charge in [-0.15, -0.1) is 0 Å². The Hall–Kier alpha value is -3.63. The predicted octanol–water partition coefficient (Wildman–Crippen LogP) is 2.79. The fourth-order valence-corrected chi connectivity index (χ4v) is 4.11. The second-order valence-corrected chi connectivity index (χ2v) is 8.65. The van der Waals surface area contributed by atoms with Crippen LogP contribution in [0, 0.1) is 0 Å². The van der Waals surface area contributed by atoms with Crippen LogP contribution in [0.4, 0.5) is 5.82 Å². The maximum absolute atomic E-state index is 12.9. The van der Waals surface area contributed by atoms with Crippen LogP contribution in [0.3, 0.4) is 0 Å². The summed E-state index contributed by atoms with van der Waals surface area (Å²) in [5.41, 5.74) is 0.914. The van der Waals surface area contributed by atoms with Gasteiger partial charge in [0.05, 0.1) is 5.02 Å². The van der Waals surface area contributed by atoms with Crippen LogP contribution in [0.2, 0.25) is 5.02 Å². The molecule has 0 radical (unpaired) electrons. The summed E-state index contributed by atoms with van der Waals surface area (Å²) >= 11 is 5.78. The lowest BCUT2D eigenvalue weighted by molar-refractivity contribution is -0.136. The van der Waals surface area contributed by atoms with E-state index in [-0.39, 0.29) is 42.9 Å². The maximum atomic E-state index is 12.9. The summed E-state index contributed by atoms with van der Waals surface area (Å²) in [4.78, 5) is 53.6. The van der Waals surface area contributed by atoms with Crippen molar-refractivity contribution in [1.29, 1.82) is 0 Å². The van der Waals surface area contributed by atoms with Crippen molar-refractivity contribution in [2.45, 2.75) is 37.8 Å². The van der Waals surface area contributed by atoms with Gasteiger partial charge in [-0.1, -0.05) is 30.5 Å². The number of pyridine rings is 2. The van der Waals surface area contributed by atoms with E-state index in [9.17, 15) is 19.2 Å². The fraction of sp³-hybridized carbons (Fsp3) is 0.240. The van der Waals surface area contributed by atoms with E-state index < -0.39 is 11.8 Å². The number of benzene rings is 1. The second-order valence-electron chi connectivity index (χ2n) is 8.22. The number of anilines is 1. The summed E-state index contributed by atoms with van der Waals surface area (Å²) < 4.78 is 1.49. The number of hydrogen-bond donors (Lipinski definition) is 3. The molecule has 0 spiro atoms. The van der Waals surface area contributed by atoms with E-state index in [1.165, 1.54) is 22.9 Å². The van der Waals surface area contributed by atoms with Crippen LogP contribution in [0.15, 0.2) is 71.8 Å². The zero-order chi connectivity index (χ0) is 24.8. The zero-order valence-electron chi connectivity index (χ0n) is 19.2. The van der Waals surface area contributed by atoms with Gasteiger partial charge in [0.2, 0.25) is 0 Å². The number of carbonyl (C=O) groups is 3. The van der Waals surface area contributed by atoms with E-state index in [0.717, 1.165) is 12.8 Å². The van der Waals surface area contributed by atoms with Gasteiger partial charge in [0, 0.05) is 41.8 Å². The Balaban J connectivity index is 0.00000361. The van der Waals surface area contributed by atoms with Gasteiger partial charge in [-0.25, -0.2) is 4.98 Å². The van der Waals surface area contributed by atoms with Gasteiger partial charge in [-0.2, -0.15) is 13.5 Å². The third-order valence-electron chi connectivity index (χ3n) is 5.80. The number of carbonyl (C=O) groups excluding carboxylic acids is 3. The molecule has 1 saturated carbocycles. The smallest absolute Gasteiger partial charge is 0.314 e. The van der Waals surface area contributed by atoms with Crippen molar-refractivity contribution in [2.24, 2.45) is 0 Å². The van der Waals surface area contributed by atoms with Crippen molar-refractivity contribution in [1.82, 2.24) is 20.2 Å². The largest absolute Gasteiger partial charge is 0.347 e. The molecule has 0 aliphatic heterocycles. The monoisotopic (exact) mass is 527 g/mol. The van der Waals surface area contributed by atoms with Crippen molar-refractivity contribution < 1.29 is 14.4 Å². The van der Waals surface area contributed by atoms with Gasteiger partial charge in [0.15, 0.2) is 0 Å². The number of nitrogens with one attached hydrogen (secondary N) is 3. The highest BCUT2D eigenvalue weighted by Gasteiger charge is 2.30. The lowest BCUT2D eigenvalue weighted by Crippen LogP contribution is -2.55. The van der Waals surface area contributed by atoms with Gasteiger partial charge in [-0.05, 0) is 55.3 Å². The highest BCUT2D eigenvalue weighted by Crippen LogP contribution is 2.20. The minimum atomic E-state index is -0.845. The molecule has 11 heteroatoms. The Kier molecular flexibility index (Phi) is 9.26. The van der Waals surface area contributed by atoms with Gasteiger partial charge in [-0.3, -0.25) is 23.7 Å². The summed E-state index contributed by atoms with van der Waals surface area (Å²) in [5, 5.41) is 8.56. The van der Waals surface area contributed by atoms with Crippen molar-refractivity contribution >= 4 is 48.6 Å². The Bertz CT molecular complexity index is 1280. The number of nitrogens with zero attached hydrogens (tertiary/aromatic N) is 2. The van der Waals surface area contributed by atoms with Crippen molar-refractivity contribution in [2.75, 3.05) is 5.32 Å². The fourth-order valence-electron chi connectivity index (χ4n) is 4.00. The van der Waals surface area contributed by atoms with Crippen LogP contribution in [0.5, 0.6) is 0 Å². The highest BCUT2D eigenvalue weighted by molar-refractivity contribution is 7.59. The number of hydrogen-bond acceptors (Lipinski definition) is 5. The number of rotatable bonds is 5. The minimum absolute atomic E-state index is 0. The average molecular weight is 528 g/mol. The summed E-state index contributed by atoms with van der Waals surface area (Å²) in [7, 11) is 0. The first-order valence-electron chi connectivity index (χ1n) is 11.2. The normalized spacial score (nSPS) is 16.8. The summed E-state index contributed by atoms with van der Waals surface area (Å²) in [6.07, 6.45) is 6.11. The zero-order valence-corrected chi connectivity index (χ0v) is 21.0. The lowest BCUT2D eigenvalue weighted by atomic mass is 9.90. The third kappa shape index (κ3) is 6.73. The maximum Gasteiger partial charge on any atom is 0.314 e. The van der Waals surface area contributed by atoms with Crippen LogP contribution in [-0.2, 0) is 9.59 Å². The van der Waals surface area contributed by atoms with Crippen molar-refractivity contribution in [3.8, 4) is 5.69 Å². The molecular formula is C25H26ClN5O4S. The molecule has 2 heterocycles. The topological polar surface area (TPSA) is 122 Å². The van der Waals surface area contributed by atoms with Crippen molar-refractivity contribution in [3.05, 3.63) is 87.9 Å². The molecule has 1 aliphatic carbocycles. The first kappa shape index (κ1) is 27.0. The molecule has 1 fully saturated rings. The SMILES string of the molecule is O=C(Nc1ccc(Cl)cn1)C(=O)N[C@@H]1CCCCC1NC(=O)c1ccc(-n2ccccc2=O)cc1.S. The van der Waals surface area contributed by atoms with E-state index in [0.29, 0.717) is 29.1 Å². The Morgan fingerprint density at radius 1 is 0.889 bits per heavy atom. The van der Waals surface area contributed by atoms with Crippen LogP contribution in [0.1, 0.15) is 36.0 Å². The van der Waals surface area contributed by atoms with E-state index in [2.05, 4.69) is 20.9 Å². The van der Waals surface area contributed by atoms with Crippen LogP contribution >= 0.6 is 25.1 Å². The molecule has 2 aromatic heterocycles. The molecule has 2 atom stereocenters. The number of halogens is 1. The minimum Gasteiger partial charge on any atom is -0.347 e. The Morgan fingerprint density at radius 2 is 1.58 bits per heavy atom. The van der Waals surface area contributed by atoms with E-state index in [4.69, 9.17) is 11.6 Å². The first-order valence-corrected chi connectivity index (χ1v) is 11.6. The molecule has 0 saturated heterocycles. The van der Waals surface area contributed by atoms with Gasteiger partial charge >= 0.3 is 11.8 Å². The highest BCUT2D eigenvalue weighted by atomic mass is 35.5. The van der Waals surface area contributed by atoms with Gasteiger partial charge < -0.3 is 16.0 Å². The molecule has 0 bridgehead atoms. The summed E-state index contributed by atoms with van der Waals surface area (Å²) in [6, 6.07) is 13.9.